The Morgan fingerprint density at radius 1 is 1.37 bits per heavy atom. The summed E-state index contributed by atoms with van der Waals surface area (Å²) < 4.78 is 5.40. The van der Waals surface area contributed by atoms with Crippen molar-refractivity contribution in [1.29, 1.82) is 0 Å². The molecule has 1 aromatic rings. The maximum absolute atomic E-state index is 5.70. The Balaban J connectivity index is 1.80. The van der Waals surface area contributed by atoms with Crippen molar-refractivity contribution in [2.45, 2.75) is 37.1 Å². The fourth-order valence-corrected chi connectivity index (χ4v) is 3.56. The SMILES string of the molecule is Cc1ccccc1SCC(CC1CCOCC1)NN. The Morgan fingerprint density at radius 2 is 2.11 bits per heavy atom. The summed E-state index contributed by atoms with van der Waals surface area (Å²) in [5.41, 5.74) is 4.32. The Labute approximate surface area is 120 Å². The molecule has 1 heterocycles. The molecule has 106 valence electrons. The van der Waals surface area contributed by atoms with Gasteiger partial charge in [0.2, 0.25) is 0 Å². The summed E-state index contributed by atoms with van der Waals surface area (Å²) in [6.45, 7) is 3.98. The van der Waals surface area contributed by atoms with E-state index >= 15 is 0 Å². The van der Waals surface area contributed by atoms with Gasteiger partial charge in [0.05, 0.1) is 0 Å². The van der Waals surface area contributed by atoms with Crippen molar-refractivity contribution in [2.24, 2.45) is 11.8 Å². The largest absolute Gasteiger partial charge is 0.381 e. The van der Waals surface area contributed by atoms with Crippen molar-refractivity contribution in [1.82, 2.24) is 5.43 Å². The number of thioether (sulfide) groups is 1. The molecule has 1 aliphatic heterocycles. The van der Waals surface area contributed by atoms with Gasteiger partial charge in [-0.25, -0.2) is 0 Å². The average molecular weight is 280 g/mol. The lowest BCUT2D eigenvalue weighted by atomic mass is 9.93. The normalized spacial score (nSPS) is 18.4. The van der Waals surface area contributed by atoms with E-state index in [9.17, 15) is 0 Å². The number of hydrogen-bond donors (Lipinski definition) is 2. The highest BCUT2D eigenvalue weighted by molar-refractivity contribution is 7.99. The molecule has 0 bridgehead atoms. The number of ether oxygens (including phenoxy) is 1. The molecule has 1 fully saturated rings. The van der Waals surface area contributed by atoms with Gasteiger partial charge in [-0.15, -0.1) is 11.8 Å². The second-order valence-electron chi connectivity index (χ2n) is 5.23. The molecule has 2 rings (SSSR count). The van der Waals surface area contributed by atoms with Gasteiger partial charge in [-0.3, -0.25) is 11.3 Å². The lowest BCUT2D eigenvalue weighted by Gasteiger charge is -2.26. The predicted octanol–water partition coefficient (Wildman–Crippen LogP) is 2.74. The second-order valence-corrected chi connectivity index (χ2v) is 6.29. The molecule has 0 radical (unpaired) electrons. The zero-order chi connectivity index (χ0) is 13.5. The van der Waals surface area contributed by atoms with Gasteiger partial charge in [0.1, 0.15) is 0 Å². The van der Waals surface area contributed by atoms with Gasteiger partial charge >= 0.3 is 0 Å². The molecular weight excluding hydrogens is 256 g/mol. The van der Waals surface area contributed by atoms with Crippen molar-refractivity contribution in [2.75, 3.05) is 19.0 Å². The minimum atomic E-state index is 0.382. The Bertz CT molecular complexity index is 380. The minimum absolute atomic E-state index is 0.382. The number of benzene rings is 1. The van der Waals surface area contributed by atoms with Gasteiger partial charge in [-0.1, -0.05) is 18.2 Å². The van der Waals surface area contributed by atoms with Gasteiger partial charge < -0.3 is 4.74 Å². The van der Waals surface area contributed by atoms with Crippen molar-refractivity contribution >= 4 is 11.8 Å². The first-order valence-corrected chi connectivity index (χ1v) is 8.00. The number of hydrogen-bond acceptors (Lipinski definition) is 4. The first-order valence-electron chi connectivity index (χ1n) is 7.02. The number of hydrazine groups is 1. The zero-order valence-corrected chi connectivity index (χ0v) is 12.4. The molecule has 3 nitrogen and oxygen atoms in total. The quantitative estimate of drug-likeness (QED) is 0.478. The lowest BCUT2D eigenvalue weighted by molar-refractivity contribution is 0.0613. The van der Waals surface area contributed by atoms with Gasteiger partial charge in [0.25, 0.3) is 0 Å². The van der Waals surface area contributed by atoms with E-state index in [1.54, 1.807) is 0 Å². The third-order valence-corrected chi connectivity index (χ3v) is 5.07. The van der Waals surface area contributed by atoms with Crippen LogP contribution in [-0.2, 0) is 4.74 Å². The second kappa shape index (κ2) is 7.90. The summed E-state index contributed by atoms with van der Waals surface area (Å²) in [4.78, 5) is 1.36. The fraction of sp³-hybridized carbons (Fsp3) is 0.600. The molecule has 1 aromatic carbocycles. The van der Waals surface area contributed by atoms with Gasteiger partial charge in [0, 0.05) is 29.9 Å². The molecule has 0 spiro atoms. The van der Waals surface area contributed by atoms with Gasteiger partial charge in [-0.2, -0.15) is 0 Å². The van der Waals surface area contributed by atoms with Crippen LogP contribution in [0, 0.1) is 12.8 Å². The number of nitrogens with one attached hydrogen (secondary N) is 1. The van der Waals surface area contributed by atoms with E-state index in [2.05, 4.69) is 36.6 Å². The van der Waals surface area contributed by atoms with Crippen LogP contribution >= 0.6 is 11.8 Å². The van der Waals surface area contributed by atoms with Crippen LogP contribution in [0.5, 0.6) is 0 Å². The van der Waals surface area contributed by atoms with Gasteiger partial charge in [0.15, 0.2) is 0 Å². The fourth-order valence-electron chi connectivity index (χ4n) is 2.48. The zero-order valence-electron chi connectivity index (χ0n) is 11.6. The molecule has 1 unspecified atom stereocenters. The Morgan fingerprint density at radius 3 is 2.79 bits per heavy atom. The molecule has 1 atom stereocenters. The van der Waals surface area contributed by atoms with Crippen molar-refractivity contribution in [3.63, 3.8) is 0 Å². The summed E-state index contributed by atoms with van der Waals surface area (Å²) in [5.74, 6) is 7.48. The molecule has 0 aliphatic carbocycles. The van der Waals surface area contributed by atoms with E-state index in [0.29, 0.717) is 6.04 Å². The van der Waals surface area contributed by atoms with Crippen LogP contribution in [0.15, 0.2) is 29.2 Å². The molecule has 0 amide bonds. The van der Waals surface area contributed by atoms with E-state index < -0.39 is 0 Å². The highest BCUT2D eigenvalue weighted by atomic mass is 32.2. The summed E-state index contributed by atoms with van der Waals surface area (Å²) in [6, 6.07) is 8.90. The molecular formula is C15H24N2OS. The van der Waals surface area contributed by atoms with Crippen LogP contribution in [-0.4, -0.2) is 25.0 Å². The topological polar surface area (TPSA) is 47.3 Å². The highest BCUT2D eigenvalue weighted by Crippen LogP contribution is 2.26. The van der Waals surface area contributed by atoms with Crippen LogP contribution < -0.4 is 11.3 Å². The predicted molar refractivity (Wildman–Crippen MR) is 81.2 cm³/mol. The Hall–Kier alpha value is -0.550. The Kier molecular flexibility index (Phi) is 6.17. The molecule has 4 heteroatoms. The van der Waals surface area contributed by atoms with Gasteiger partial charge in [-0.05, 0) is 43.7 Å². The van der Waals surface area contributed by atoms with Crippen LogP contribution in [0.25, 0.3) is 0 Å². The average Bonchev–Trinajstić information content (AvgIpc) is 2.46. The first-order chi connectivity index (χ1) is 9.29. The maximum atomic E-state index is 5.70. The molecule has 3 N–H and O–H groups in total. The van der Waals surface area contributed by atoms with E-state index in [1.165, 1.54) is 23.3 Å². The monoisotopic (exact) mass is 280 g/mol. The number of rotatable bonds is 6. The van der Waals surface area contributed by atoms with E-state index in [-0.39, 0.29) is 0 Å². The van der Waals surface area contributed by atoms with Crippen molar-refractivity contribution in [3.8, 4) is 0 Å². The highest BCUT2D eigenvalue weighted by Gasteiger charge is 2.18. The minimum Gasteiger partial charge on any atom is -0.381 e. The summed E-state index contributed by atoms with van der Waals surface area (Å²) in [6.07, 6.45) is 3.50. The van der Waals surface area contributed by atoms with Crippen LogP contribution in [0.1, 0.15) is 24.8 Å². The molecule has 0 aromatic heterocycles. The molecule has 0 saturated carbocycles. The first kappa shape index (κ1) is 14.9. The van der Waals surface area contributed by atoms with E-state index in [1.807, 2.05) is 11.8 Å². The van der Waals surface area contributed by atoms with Crippen LogP contribution in [0.3, 0.4) is 0 Å². The van der Waals surface area contributed by atoms with E-state index in [4.69, 9.17) is 10.6 Å². The summed E-state index contributed by atoms with van der Waals surface area (Å²) in [7, 11) is 0. The molecule has 1 saturated heterocycles. The molecule has 19 heavy (non-hydrogen) atoms. The van der Waals surface area contributed by atoms with Crippen LogP contribution in [0.2, 0.25) is 0 Å². The number of nitrogens with two attached hydrogens (primary N) is 1. The lowest BCUT2D eigenvalue weighted by Crippen LogP contribution is -2.39. The summed E-state index contributed by atoms with van der Waals surface area (Å²) in [5, 5.41) is 0. The van der Waals surface area contributed by atoms with Crippen molar-refractivity contribution < 1.29 is 4.74 Å². The van der Waals surface area contributed by atoms with Crippen LogP contribution in [0.4, 0.5) is 0 Å². The smallest absolute Gasteiger partial charge is 0.0468 e. The summed E-state index contributed by atoms with van der Waals surface area (Å²) >= 11 is 1.89. The maximum Gasteiger partial charge on any atom is 0.0468 e. The van der Waals surface area contributed by atoms with Crippen molar-refractivity contribution in [3.05, 3.63) is 29.8 Å². The molecule has 1 aliphatic rings. The standard InChI is InChI=1S/C15H24N2OS/c1-12-4-2-3-5-15(12)19-11-14(17-16)10-13-6-8-18-9-7-13/h2-5,13-14,17H,6-11,16H2,1H3. The third-order valence-electron chi connectivity index (χ3n) is 3.73. The third kappa shape index (κ3) is 4.80. The van der Waals surface area contributed by atoms with E-state index in [0.717, 1.165) is 31.3 Å². The number of aryl methyl sites for hydroxylation is 1.